The molecule has 1 rings (SSSR count). The zero-order valence-electron chi connectivity index (χ0n) is 11.4. The van der Waals surface area contributed by atoms with Gasteiger partial charge in [-0.25, -0.2) is 4.79 Å². The molecule has 0 unspecified atom stereocenters. The molecule has 1 saturated carbocycles. The molecule has 0 saturated heterocycles. The molecule has 5 nitrogen and oxygen atoms in total. The molecule has 0 aliphatic heterocycles. The molecule has 1 amide bonds. The highest BCUT2D eigenvalue weighted by Crippen LogP contribution is 2.20. The van der Waals surface area contributed by atoms with E-state index >= 15 is 0 Å². The standard InChI is InChI=1S/C12H24N2O3/c1-8(2)17-14-10-6-9(7-10)13-11(15)16-12(3,4)5/h8-10,14H,6-7H2,1-5H3,(H,13,15). The van der Waals surface area contributed by atoms with Crippen molar-refractivity contribution in [3.8, 4) is 0 Å². The monoisotopic (exact) mass is 244 g/mol. The van der Waals surface area contributed by atoms with Crippen molar-refractivity contribution in [2.24, 2.45) is 0 Å². The van der Waals surface area contributed by atoms with Crippen LogP contribution in [-0.2, 0) is 9.57 Å². The van der Waals surface area contributed by atoms with Crippen LogP contribution in [0.3, 0.4) is 0 Å². The summed E-state index contributed by atoms with van der Waals surface area (Å²) in [5.74, 6) is 0. The number of carbonyl (C=O) groups excluding carboxylic acids is 1. The third kappa shape index (κ3) is 5.89. The first kappa shape index (κ1) is 14.3. The van der Waals surface area contributed by atoms with Crippen LogP contribution in [0.15, 0.2) is 0 Å². The number of amides is 1. The Morgan fingerprint density at radius 2 is 1.82 bits per heavy atom. The Kier molecular flexibility index (Phi) is 4.77. The fourth-order valence-electron chi connectivity index (χ4n) is 1.54. The van der Waals surface area contributed by atoms with E-state index in [0.29, 0.717) is 6.04 Å². The van der Waals surface area contributed by atoms with Gasteiger partial charge < -0.3 is 10.1 Å². The van der Waals surface area contributed by atoms with Gasteiger partial charge in [0.05, 0.1) is 6.10 Å². The molecular weight excluding hydrogens is 220 g/mol. The number of alkyl carbamates (subject to hydrolysis) is 1. The minimum absolute atomic E-state index is 0.174. The Hall–Kier alpha value is -0.810. The second-order valence-corrected chi connectivity index (χ2v) is 5.80. The van der Waals surface area contributed by atoms with Gasteiger partial charge in [-0.3, -0.25) is 4.84 Å². The van der Waals surface area contributed by atoms with Crippen molar-refractivity contribution in [2.75, 3.05) is 0 Å². The van der Waals surface area contributed by atoms with Crippen LogP contribution < -0.4 is 10.8 Å². The van der Waals surface area contributed by atoms with Crippen molar-refractivity contribution < 1.29 is 14.4 Å². The first-order valence-corrected chi connectivity index (χ1v) is 6.17. The smallest absolute Gasteiger partial charge is 0.407 e. The lowest BCUT2D eigenvalue weighted by molar-refractivity contribution is -0.0478. The topological polar surface area (TPSA) is 59.6 Å². The quantitative estimate of drug-likeness (QED) is 0.742. The van der Waals surface area contributed by atoms with Crippen molar-refractivity contribution >= 4 is 6.09 Å². The number of hydroxylamine groups is 1. The third-order valence-electron chi connectivity index (χ3n) is 2.33. The number of hydrogen-bond acceptors (Lipinski definition) is 4. The van der Waals surface area contributed by atoms with E-state index in [-0.39, 0.29) is 18.2 Å². The van der Waals surface area contributed by atoms with Gasteiger partial charge in [-0.1, -0.05) is 0 Å². The number of nitrogens with one attached hydrogen (secondary N) is 2. The van der Waals surface area contributed by atoms with Crippen LogP contribution in [0, 0.1) is 0 Å². The highest BCUT2D eigenvalue weighted by Gasteiger charge is 2.31. The van der Waals surface area contributed by atoms with Gasteiger partial charge in [-0.05, 0) is 47.5 Å². The van der Waals surface area contributed by atoms with Crippen LogP contribution in [-0.4, -0.2) is 29.9 Å². The molecule has 0 heterocycles. The minimum Gasteiger partial charge on any atom is -0.444 e. The summed E-state index contributed by atoms with van der Waals surface area (Å²) in [5, 5.41) is 2.83. The van der Waals surface area contributed by atoms with Crippen LogP contribution in [0.4, 0.5) is 4.79 Å². The van der Waals surface area contributed by atoms with E-state index in [1.54, 1.807) is 0 Å². The molecule has 1 fully saturated rings. The molecule has 5 heteroatoms. The van der Waals surface area contributed by atoms with Crippen molar-refractivity contribution in [3.05, 3.63) is 0 Å². The van der Waals surface area contributed by atoms with Crippen LogP contribution >= 0.6 is 0 Å². The van der Waals surface area contributed by atoms with Gasteiger partial charge in [0, 0.05) is 12.1 Å². The SMILES string of the molecule is CC(C)ONC1CC(NC(=O)OC(C)(C)C)C1. The first-order chi connectivity index (χ1) is 7.76. The maximum absolute atomic E-state index is 11.4. The van der Waals surface area contributed by atoms with E-state index in [1.165, 1.54) is 0 Å². The number of rotatable bonds is 4. The summed E-state index contributed by atoms with van der Waals surface area (Å²) < 4.78 is 5.18. The molecule has 0 aromatic heterocycles. The zero-order chi connectivity index (χ0) is 13.1. The fraction of sp³-hybridized carbons (Fsp3) is 0.917. The molecule has 0 aromatic carbocycles. The molecule has 0 radical (unpaired) electrons. The van der Waals surface area contributed by atoms with Gasteiger partial charge in [0.2, 0.25) is 0 Å². The van der Waals surface area contributed by atoms with Crippen molar-refractivity contribution in [2.45, 2.75) is 71.2 Å². The molecule has 1 aliphatic rings. The van der Waals surface area contributed by atoms with E-state index in [2.05, 4.69) is 10.8 Å². The number of carbonyl (C=O) groups is 1. The largest absolute Gasteiger partial charge is 0.444 e. The Morgan fingerprint density at radius 1 is 1.24 bits per heavy atom. The molecule has 100 valence electrons. The van der Waals surface area contributed by atoms with Crippen molar-refractivity contribution in [1.29, 1.82) is 0 Å². The van der Waals surface area contributed by atoms with Gasteiger partial charge in [0.1, 0.15) is 5.60 Å². The maximum Gasteiger partial charge on any atom is 0.407 e. The second kappa shape index (κ2) is 5.69. The lowest BCUT2D eigenvalue weighted by Gasteiger charge is -2.36. The Labute approximate surface area is 103 Å². The van der Waals surface area contributed by atoms with Crippen LogP contribution in [0.1, 0.15) is 47.5 Å². The average Bonchev–Trinajstić information content (AvgIpc) is 2.04. The second-order valence-electron chi connectivity index (χ2n) is 5.80. The van der Waals surface area contributed by atoms with Crippen molar-refractivity contribution in [3.63, 3.8) is 0 Å². The number of hydrogen-bond donors (Lipinski definition) is 2. The predicted molar refractivity (Wildman–Crippen MR) is 65.5 cm³/mol. The summed E-state index contributed by atoms with van der Waals surface area (Å²) in [6, 6.07) is 0.524. The summed E-state index contributed by atoms with van der Waals surface area (Å²) in [6.07, 6.45) is 1.59. The lowest BCUT2D eigenvalue weighted by Crippen LogP contribution is -2.53. The highest BCUT2D eigenvalue weighted by atomic mass is 16.7. The molecule has 0 spiro atoms. The average molecular weight is 244 g/mol. The predicted octanol–water partition coefficient (Wildman–Crippen LogP) is 1.97. The van der Waals surface area contributed by atoms with Crippen LogP contribution in [0.25, 0.3) is 0 Å². The summed E-state index contributed by atoms with van der Waals surface area (Å²) in [4.78, 5) is 16.7. The number of ether oxygens (including phenoxy) is 1. The van der Waals surface area contributed by atoms with Crippen molar-refractivity contribution in [1.82, 2.24) is 10.8 Å². The summed E-state index contributed by atoms with van der Waals surface area (Å²) in [7, 11) is 0. The van der Waals surface area contributed by atoms with E-state index in [4.69, 9.17) is 9.57 Å². The summed E-state index contributed by atoms with van der Waals surface area (Å²) >= 11 is 0. The fourth-order valence-corrected chi connectivity index (χ4v) is 1.54. The minimum atomic E-state index is -0.438. The normalized spacial score (nSPS) is 24.4. The van der Waals surface area contributed by atoms with E-state index in [0.717, 1.165) is 12.8 Å². The molecular formula is C12H24N2O3. The van der Waals surface area contributed by atoms with Crippen LogP contribution in [0.2, 0.25) is 0 Å². The third-order valence-corrected chi connectivity index (χ3v) is 2.33. The van der Waals surface area contributed by atoms with Gasteiger partial charge in [0.25, 0.3) is 0 Å². The Morgan fingerprint density at radius 3 is 2.29 bits per heavy atom. The highest BCUT2D eigenvalue weighted by molar-refractivity contribution is 5.68. The van der Waals surface area contributed by atoms with E-state index in [9.17, 15) is 4.79 Å². The molecule has 2 N–H and O–H groups in total. The summed E-state index contributed by atoms with van der Waals surface area (Å²) in [6.45, 7) is 9.51. The molecule has 0 atom stereocenters. The molecule has 0 bridgehead atoms. The Bertz CT molecular complexity index is 255. The van der Waals surface area contributed by atoms with E-state index < -0.39 is 5.60 Å². The molecule has 0 aromatic rings. The van der Waals surface area contributed by atoms with E-state index in [1.807, 2.05) is 34.6 Å². The lowest BCUT2D eigenvalue weighted by atomic mass is 9.87. The maximum atomic E-state index is 11.4. The van der Waals surface area contributed by atoms with Gasteiger partial charge in [-0.2, -0.15) is 5.48 Å². The zero-order valence-corrected chi connectivity index (χ0v) is 11.4. The van der Waals surface area contributed by atoms with Gasteiger partial charge in [-0.15, -0.1) is 0 Å². The van der Waals surface area contributed by atoms with Crippen LogP contribution in [0.5, 0.6) is 0 Å². The molecule has 1 aliphatic carbocycles. The van der Waals surface area contributed by atoms with Gasteiger partial charge >= 0.3 is 6.09 Å². The van der Waals surface area contributed by atoms with Gasteiger partial charge in [0.15, 0.2) is 0 Å². The first-order valence-electron chi connectivity index (χ1n) is 6.17. The Balaban J connectivity index is 2.11. The summed E-state index contributed by atoms with van der Waals surface area (Å²) in [5.41, 5.74) is 2.54. The molecule has 17 heavy (non-hydrogen) atoms.